The van der Waals surface area contributed by atoms with Gasteiger partial charge in [-0.3, -0.25) is 19.5 Å². The Morgan fingerprint density at radius 1 is 1.06 bits per heavy atom. The molecule has 0 aliphatic rings. The molecule has 0 bridgehead atoms. The molecule has 12 heteroatoms. The number of anilines is 2. The minimum absolute atomic E-state index is 0.0374. The Bertz CT molecular complexity index is 1430. The van der Waals surface area contributed by atoms with E-state index in [9.17, 15) is 18.0 Å². The van der Waals surface area contributed by atoms with Crippen molar-refractivity contribution in [2.75, 3.05) is 16.6 Å². The maximum Gasteiger partial charge on any atom is 0.340 e. The number of carbonyl (C=O) groups is 2. The summed E-state index contributed by atoms with van der Waals surface area (Å²) >= 11 is 0. The van der Waals surface area contributed by atoms with Crippen LogP contribution in [0.4, 0.5) is 11.5 Å². The van der Waals surface area contributed by atoms with Crippen LogP contribution in [0.5, 0.6) is 0 Å². The van der Waals surface area contributed by atoms with Gasteiger partial charge in [0.05, 0.1) is 16.0 Å². The largest absolute Gasteiger partial charge is 0.452 e. The van der Waals surface area contributed by atoms with Crippen molar-refractivity contribution >= 4 is 44.4 Å². The number of benzene rings is 2. The molecule has 1 amide bonds. The molecule has 2 N–H and O–H groups in total. The number of hydrogen-bond acceptors (Lipinski definition) is 9. The van der Waals surface area contributed by atoms with Crippen LogP contribution in [-0.4, -0.2) is 42.0 Å². The van der Waals surface area contributed by atoms with Gasteiger partial charge in [-0.05, 0) is 43.3 Å². The summed E-state index contributed by atoms with van der Waals surface area (Å²) < 4.78 is 37.0. The molecular weight excluding hydrogens is 450 g/mol. The van der Waals surface area contributed by atoms with Crippen molar-refractivity contribution in [3.63, 3.8) is 0 Å². The molecule has 2 heterocycles. The second kappa shape index (κ2) is 9.04. The fourth-order valence-electron chi connectivity index (χ4n) is 2.89. The predicted molar refractivity (Wildman–Crippen MR) is 117 cm³/mol. The van der Waals surface area contributed by atoms with Gasteiger partial charge < -0.3 is 14.6 Å². The van der Waals surface area contributed by atoms with E-state index in [1.165, 1.54) is 48.8 Å². The molecule has 0 aliphatic heterocycles. The molecule has 11 nitrogen and oxygen atoms in total. The number of rotatable bonds is 7. The maximum atomic E-state index is 12.4. The van der Waals surface area contributed by atoms with Gasteiger partial charge in [-0.2, -0.15) is 0 Å². The fourth-order valence-corrected chi connectivity index (χ4v) is 3.88. The van der Waals surface area contributed by atoms with Gasteiger partial charge >= 0.3 is 5.97 Å². The van der Waals surface area contributed by atoms with Gasteiger partial charge in [0, 0.05) is 24.1 Å². The van der Waals surface area contributed by atoms with Crippen molar-refractivity contribution in [2.45, 2.75) is 11.8 Å². The van der Waals surface area contributed by atoms with E-state index in [-0.39, 0.29) is 16.3 Å². The normalized spacial score (nSPS) is 11.2. The van der Waals surface area contributed by atoms with Crippen LogP contribution >= 0.6 is 0 Å². The molecule has 33 heavy (non-hydrogen) atoms. The van der Waals surface area contributed by atoms with Crippen LogP contribution in [-0.2, 0) is 19.6 Å². The third kappa shape index (κ3) is 5.13. The molecule has 0 fully saturated rings. The lowest BCUT2D eigenvalue weighted by molar-refractivity contribution is -0.119. The van der Waals surface area contributed by atoms with E-state index in [2.05, 4.69) is 25.2 Å². The molecule has 0 saturated heterocycles. The molecule has 0 spiro atoms. The lowest BCUT2D eigenvalue weighted by Crippen LogP contribution is -2.21. The smallest absolute Gasteiger partial charge is 0.340 e. The number of ether oxygens (including phenoxy) is 1. The van der Waals surface area contributed by atoms with Crippen LogP contribution in [0.2, 0.25) is 0 Å². The van der Waals surface area contributed by atoms with Crippen LogP contribution in [0.25, 0.3) is 11.0 Å². The van der Waals surface area contributed by atoms with E-state index in [0.717, 1.165) is 0 Å². The number of nitrogens with one attached hydrogen (secondary N) is 2. The molecule has 2 aromatic carbocycles. The van der Waals surface area contributed by atoms with Crippen molar-refractivity contribution in [1.82, 2.24) is 15.1 Å². The van der Waals surface area contributed by atoms with Crippen molar-refractivity contribution in [2.24, 2.45) is 0 Å². The van der Waals surface area contributed by atoms with Crippen molar-refractivity contribution < 1.29 is 27.3 Å². The molecule has 4 rings (SSSR count). The van der Waals surface area contributed by atoms with Gasteiger partial charge in [0.1, 0.15) is 11.3 Å². The molecule has 4 aromatic rings. The van der Waals surface area contributed by atoms with E-state index in [0.29, 0.717) is 22.5 Å². The summed E-state index contributed by atoms with van der Waals surface area (Å²) in [6.07, 6.45) is 2.96. The molecule has 0 aliphatic carbocycles. The number of carbonyl (C=O) groups excluding carboxylic acids is 2. The highest BCUT2D eigenvalue weighted by atomic mass is 32.2. The summed E-state index contributed by atoms with van der Waals surface area (Å²) in [7, 11) is -3.88. The van der Waals surface area contributed by atoms with Crippen LogP contribution in [0.1, 0.15) is 16.1 Å². The lowest BCUT2D eigenvalue weighted by Gasteiger charge is -2.09. The minimum Gasteiger partial charge on any atom is -0.452 e. The quantitative estimate of drug-likeness (QED) is 0.390. The third-order valence-corrected chi connectivity index (χ3v) is 5.74. The molecule has 2 aromatic heterocycles. The number of nitrogens with zero attached hydrogens (tertiary/aromatic N) is 3. The maximum absolute atomic E-state index is 12.4. The second-order valence-electron chi connectivity index (χ2n) is 6.81. The Balaban J connectivity index is 1.35. The van der Waals surface area contributed by atoms with Crippen LogP contribution in [0.3, 0.4) is 0 Å². The van der Waals surface area contributed by atoms with Crippen molar-refractivity contribution in [3.05, 3.63) is 72.2 Å². The number of sulfonamides is 1. The van der Waals surface area contributed by atoms with E-state index in [1.54, 1.807) is 19.1 Å². The van der Waals surface area contributed by atoms with E-state index in [1.807, 2.05) is 0 Å². The topological polar surface area (TPSA) is 153 Å². The predicted octanol–water partition coefficient (Wildman–Crippen LogP) is 2.52. The summed E-state index contributed by atoms with van der Waals surface area (Å²) in [5.41, 5.74) is 1.41. The Hall–Kier alpha value is -4.32. The Morgan fingerprint density at radius 3 is 2.55 bits per heavy atom. The summed E-state index contributed by atoms with van der Waals surface area (Å²) in [6.45, 7) is 1.10. The summed E-state index contributed by atoms with van der Waals surface area (Å²) in [5.74, 6) is -0.794. The Labute approximate surface area is 187 Å². The highest BCUT2D eigenvalue weighted by Gasteiger charge is 2.17. The van der Waals surface area contributed by atoms with Gasteiger partial charge in [0.15, 0.2) is 12.4 Å². The van der Waals surface area contributed by atoms with Crippen LogP contribution in [0, 0.1) is 6.92 Å². The SMILES string of the molecule is Cc1cc(NS(=O)(=O)c2ccc(NC(=O)COC(=O)c3cccc4nccnc34)cc2)no1. The van der Waals surface area contributed by atoms with Gasteiger partial charge in [0.2, 0.25) is 0 Å². The first kappa shape index (κ1) is 21.9. The fraction of sp³-hybridized carbons (Fsp3) is 0.0952. The summed E-state index contributed by atoms with van der Waals surface area (Å²) in [5, 5.41) is 6.12. The van der Waals surface area contributed by atoms with Gasteiger partial charge in [-0.1, -0.05) is 11.2 Å². The minimum atomic E-state index is -3.88. The van der Waals surface area contributed by atoms with Gasteiger partial charge in [0.25, 0.3) is 15.9 Å². The van der Waals surface area contributed by atoms with Gasteiger partial charge in [-0.15, -0.1) is 0 Å². The summed E-state index contributed by atoms with van der Waals surface area (Å²) in [4.78, 5) is 32.7. The molecule has 0 atom stereocenters. The van der Waals surface area contributed by atoms with Crippen LogP contribution in [0.15, 0.2) is 70.3 Å². The van der Waals surface area contributed by atoms with E-state index < -0.39 is 28.5 Å². The van der Waals surface area contributed by atoms with Crippen molar-refractivity contribution in [3.8, 4) is 0 Å². The molecule has 168 valence electrons. The average molecular weight is 467 g/mol. The number of fused-ring (bicyclic) bond motifs is 1. The number of para-hydroxylation sites is 1. The monoisotopic (exact) mass is 467 g/mol. The first-order valence-electron chi connectivity index (χ1n) is 9.55. The number of amides is 1. The van der Waals surface area contributed by atoms with E-state index >= 15 is 0 Å². The summed E-state index contributed by atoms with van der Waals surface area (Å²) in [6, 6.07) is 11.8. The highest BCUT2D eigenvalue weighted by molar-refractivity contribution is 7.92. The van der Waals surface area contributed by atoms with Gasteiger partial charge in [-0.25, -0.2) is 13.2 Å². The van der Waals surface area contributed by atoms with Crippen LogP contribution < -0.4 is 10.0 Å². The number of esters is 1. The number of aromatic nitrogens is 3. The average Bonchev–Trinajstić information content (AvgIpc) is 3.21. The Morgan fingerprint density at radius 2 is 1.82 bits per heavy atom. The first-order valence-corrected chi connectivity index (χ1v) is 11.0. The number of aryl methyl sites for hydroxylation is 1. The number of hydrogen-bond donors (Lipinski definition) is 2. The molecule has 0 unspecified atom stereocenters. The first-order chi connectivity index (χ1) is 15.8. The third-order valence-electron chi connectivity index (χ3n) is 4.37. The molecule has 0 saturated carbocycles. The zero-order valence-corrected chi connectivity index (χ0v) is 18.0. The molecule has 0 radical (unpaired) electrons. The molecular formula is C21H17N5O6S. The zero-order chi connectivity index (χ0) is 23.4. The Kier molecular flexibility index (Phi) is 6.00. The van der Waals surface area contributed by atoms with Crippen molar-refractivity contribution in [1.29, 1.82) is 0 Å². The van der Waals surface area contributed by atoms with E-state index in [4.69, 9.17) is 9.26 Å². The standard InChI is InChI=1S/C21H17N5O6S/c1-13-11-18(25-32-13)26-33(29,30)15-7-5-14(6-8-15)24-19(27)12-31-21(28)16-3-2-4-17-20(16)23-10-9-22-17/h2-11H,12H2,1H3,(H,24,27)(H,25,26). The zero-order valence-electron chi connectivity index (χ0n) is 17.2. The second-order valence-corrected chi connectivity index (χ2v) is 8.49. The lowest BCUT2D eigenvalue weighted by atomic mass is 10.2. The highest BCUT2D eigenvalue weighted by Crippen LogP contribution is 2.18.